The molecule has 2 N–H and O–H groups in total. The fourth-order valence-corrected chi connectivity index (χ4v) is 5.92. The van der Waals surface area contributed by atoms with Crippen molar-refractivity contribution in [1.29, 1.82) is 0 Å². The number of rotatable bonds is 8. The number of piperazine rings is 1. The first-order chi connectivity index (χ1) is 20.8. The number of nitrogens with zero attached hydrogens (tertiary/aromatic N) is 3. The van der Waals surface area contributed by atoms with Gasteiger partial charge in [0.2, 0.25) is 0 Å². The fraction of sp³-hybridized carbons (Fsp3) is 0.235. The van der Waals surface area contributed by atoms with Gasteiger partial charge in [0.15, 0.2) is 0 Å². The summed E-state index contributed by atoms with van der Waals surface area (Å²) in [6.45, 7) is 5.88. The number of benzene rings is 4. The number of aromatic nitrogens is 1. The van der Waals surface area contributed by atoms with Crippen LogP contribution < -0.4 is 10.5 Å². The zero-order valence-corrected chi connectivity index (χ0v) is 24.3. The number of halogens is 4. The number of ether oxygens (including phenoxy) is 1. The molecule has 0 atom stereocenters. The number of nitrogens with two attached hydrogens (primary N) is 1. The van der Waals surface area contributed by atoms with Crippen molar-refractivity contribution < 1.29 is 17.9 Å². The molecule has 5 nitrogen and oxygen atoms in total. The number of hydrogen-bond acceptors (Lipinski definition) is 4. The monoisotopic (exact) mass is 604 g/mol. The molecule has 9 heteroatoms. The van der Waals surface area contributed by atoms with Gasteiger partial charge in [-0.15, -0.1) is 13.2 Å². The predicted octanol–water partition coefficient (Wildman–Crippen LogP) is 7.63. The highest BCUT2D eigenvalue weighted by Crippen LogP contribution is 2.35. The Morgan fingerprint density at radius 2 is 1.49 bits per heavy atom. The minimum absolute atomic E-state index is 0.245. The van der Waals surface area contributed by atoms with Crippen LogP contribution in [0.25, 0.3) is 27.7 Å². The summed E-state index contributed by atoms with van der Waals surface area (Å²) in [5.74, 6) is -0.245. The van der Waals surface area contributed by atoms with Crippen LogP contribution in [0.4, 0.5) is 13.2 Å². The third-order valence-corrected chi connectivity index (χ3v) is 8.28. The largest absolute Gasteiger partial charge is 0.573 e. The molecule has 0 saturated carbocycles. The summed E-state index contributed by atoms with van der Waals surface area (Å²) in [5.41, 5.74) is 13.0. The summed E-state index contributed by atoms with van der Waals surface area (Å²) < 4.78 is 44.5. The van der Waals surface area contributed by atoms with E-state index in [2.05, 4.69) is 49.4 Å². The van der Waals surface area contributed by atoms with Gasteiger partial charge in [0, 0.05) is 73.7 Å². The van der Waals surface area contributed by atoms with Crippen LogP contribution in [-0.2, 0) is 19.6 Å². The summed E-state index contributed by atoms with van der Waals surface area (Å²) in [5, 5.41) is 1.83. The normalized spacial score (nSPS) is 14.8. The van der Waals surface area contributed by atoms with Crippen LogP contribution >= 0.6 is 11.6 Å². The Labute approximate surface area is 253 Å². The minimum Gasteiger partial charge on any atom is -0.406 e. The van der Waals surface area contributed by atoms with E-state index in [1.54, 1.807) is 12.1 Å². The number of fused-ring (bicyclic) bond motifs is 1. The lowest BCUT2D eigenvalue weighted by Crippen LogP contribution is -2.45. The summed E-state index contributed by atoms with van der Waals surface area (Å²) in [7, 11) is 0. The van der Waals surface area contributed by atoms with Gasteiger partial charge in [-0.25, -0.2) is 0 Å². The van der Waals surface area contributed by atoms with E-state index < -0.39 is 6.36 Å². The molecular formula is C34H32ClF3N4O. The van der Waals surface area contributed by atoms with Gasteiger partial charge in [-0.2, -0.15) is 0 Å². The van der Waals surface area contributed by atoms with Crippen molar-refractivity contribution in [1.82, 2.24) is 14.4 Å². The second kappa shape index (κ2) is 12.4. The lowest BCUT2D eigenvalue weighted by molar-refractivity contribution is -0.274. The van der Waals surface area contributed by atoms with Crippen molar-refractivity contribution in [3.05, 3.63) is 119 Å². The molecule has 2 heterocycles. The Bertz CT molecular complexity index is 1710. The molecule has 1 saturated heterocycles. The van der Waals surface area contributed by atoms with E-state index in [4.69, 9.17) is 17.3 Å². The molecule has 6 rings (SSSR count). The zero-order valence-electron chi connectivity index (χ0n) is 23.5. The second-order valence-electron chi connectivity index (χ2n) is 10.9. The van der Waals surface area contributed by atoms with Crippen LogP contribution in [0.5, 0.6) is 5.75 Å². The fourth-order valence-electron chi connectivity index (χ4n) is 5.72. The Morgan fingerprint density at radius 1 is 0.767 bits per heavy atom. The Kier molecular flexibility index (Phi) is 8.45. The quantitative estimate of drug-likeness (QED) is 0.198. The van der Waals surface area contributed by atoms with Crippen LogP contribution in [0.2, 0.25) is 5.02 Å². The Morgan fingerprint density at radius 3 is 2.19 bits per heavy atom. The van der Waals surface area contributed by atoms with E-state index in [0.717, 1.165) is 83.1 Å². The van der Waals surface area contributed by atoms with Gasteiger partial charge >= 0.3 is 6.36 Å². The van der Waals surface area contributed by atoms with Crippen LogP contribution in [0.1, 0.15) is 16.7 Å². The topological polar surface area (TPSA) is 46.7 Å². The molecule has 1 aliphatic heterocycles. The van der Waals surface area contributed by atoms with Gasteiger partial charge < -0.3 is 15.0 Å². The maximum absolute atomic E-state index is 12.8. The molecule has 0 unspecified atom stereocenters. The van der Waals surface area contributed by atoms with Crippen LogP contribution in [0.15, 0.2) is 97.2 Å². The lowest BCUT2D eigenvalue weighted by atomic mass is 10.0. The third-order valence-electron chi connectivity index (χ3n) is 7.92. The Balaban J connectivity index is 1.26. The van der Waals surface area contributed by atoms with E-state index in [1.165, 1.54) is 17.7 Å². The molecule has 0 spiro atoms. The molecule has 0 bridgehead atoms. The molecule has 0 radical (unpaired) electrons. The van der Waals surface area contributed by atoms with Crippen molar-refractivity contribution >= 4 is 22.5 Å². The molecule has 43 heavy (non-hydrogen) atoms. The van der Waals surface area contributed by atoms with Crippen LogP contribution in [0.3, 0.4) is 0 Å². The van der Waals surface area contributed by atoms with E-state index >= 15 is 0 Å². The van der Waals surface area contributed by atoms with Gasteiger partial charge in [0.05, 0.1) is 5.52 Å². The van der Waals surface area contributed by atoms with E-state index in [-0.39, 0.29) is 5.75 Å². The molecule has 1 aliphatic rings. The molecular weight excluding hydrogens is 573 g/mol. The maximum atomic E-state index is 12.8. The zero-order chi connectivity index (χ0) is 30.0. The van der Waals surface area contributed by atoms with Gasteiger partial charge in [0.25, 0.3) is 0 Å². The number of hydrogen-bond donors (Lipinski definition) is 1. The highest BCUT2D eigenvalue weighted by atomic mass is 35.5. The first-order valence-electron chi connectivity index (χ1n) is 14.2. The van der Waals surface area contributed by atoms with Crippen molar-refractivity contribution in [2.75, 3.05) is 26.2 Å². The van der Waals surface area contributed by atoms with Crippen molar-refractivity contribution in [3.8, 4) is 22.6 Å². The van der Waals surface area contributed by atoms with Gasteiger partial charge in [-0.3, -0.25) is 9.80 Å². The molecule has 4 aromatic carbocycles. The highest BCUT2D eigenvalue weighted by molar-refractivity contribution is 6.31. The number of alkyl halides is 3. The van der Waals surface area contributed by atoms with Crippen molar-refractivity contribution in [3.63, 3.8) is 0 Å². The van der Waals surface area contributed by atoms with E-state index in [0.29, 0.717) is 6.54 Å². The van der Waals surface area contributed by atoms with Crippen LogP contribution in [0, 0.1) is 0 Å². The maximum Gasteiger partial charge on any atom is 0.573 e. The van der Waals surface area contributed by atoms with E-state index in [9.17, 15) is 13.2 Å². The third kappa shape index (κ3) is 6.89. The SMILES string of the molecule is NCc1cccc(-n2cc(-c3ccc(OC(F)(F)F)cc3)c3cc(CN4CCN(Cc5ccccc5Cl)CC4)ccc32)c1. The summed E-state index contributed by atoms with van der Waals surface area (Å²) in [6, 6.07) is 28.6. The average molecular weight is 605 g/mol. The van der Waals surface area contributed by atoms with E-state index in [1.807, 2.05) is 42.6 Å². The predicted molar refractivity (Wildman–Crippen MR) is 165 cm³/mol. The molecule has 1 aromatic heterocycles. The Hall–Kier alpha value is -3.82. The molecule has 1 fully saturated rings. The molecule has 5 aromatic rings. The van der Waals surface area contributed by atoms with Crippen molar-refractivity contribution in [2.45, 2.75) is 26.0 Å². The minimum atomic E-state index is -4.74. The standard InChI is InChI=1S/C34H32ClF3N4O/c35-32-7-2-1-5-27(32)22-41-16-14-40(15-17-41)21-25-8-13-33-30(19-25)31(23-42(33)28-6-3-4-24(18-28)20-39)26-9-11-29(12-10-26)43-34(36,37)38/h1-13,18-19,23H,14-17,20-22,39H2. The molecule has 0 aliphatic carbocycles. The summed E-state index contributed by atoms with van der Waals surface area (Å²) in [6.07, 6.45) is -2.70. The first kappa shape index (κ1) is 29.3. The van der Waals surface area contributed by atoms with Crippen LogP contribution in [-0.4, -0.2) is 46.9 Å². The molecule has 0 amide bonds. The summed E-state index contributed by atoms with van der Waals surface area (Å²) >= 11 is 6.38. The van der Waals surface area contributed by atoms with Crippen molar-refractivity contribution in [2.24, 2.45) is 5.73 Å². The molecule has 222 valence electrons. The average Bonchev–Trinajstić information content (AvgIpc) is 3.38. The van der Waals surface area contributed by atoms with Gasteiger partial charge in [-0.1, -0.05) is 60.1 Å². The smallest absolute Gasteiger partial charge is 0.406 e. The summed E-state index contributed by atoms with van der Waals surface area (Å²) in [4.78, 5) is 4.88. The van der Waals surface area contributed by atoms with Gasteiger partial charge in [-0.05, 0) is 64.7 Å². The first-order valence-corrected chi connectivity index (χ1v) is 14.6. The lowest BCUT2D eigenvalue weighted by Gasteiger charge is -2.35. The van der Waals surface area contributed by atoms with Gasteiger partial charge in [0.1, 0.15) is 5.75 Å². The highest BCUT2D eigenvalue weighted by Gasteiger charge is 2.31. The second-order valence-corrected chi connectivity index (χ2v) is 11.3.